The molecule has 1 atom stereocenters. The van der Waals surface area contributed by atoms with E-state index in [2.05, 4.69) is 5.32 Å². The number of nitrogens with one attached hydrogen (secondary N) is 1. The van der Waals surface area contributed by atoms with E-state index in [9.17, 15) is 9.59 Å². The molecule has 154 valence electrons. The average molecular weight is 413 g/mol. The highest BCUT2D eigenvalue weighted by molar-refractivity contribution is 6.22. The summed E-state index contributed by atoms with van der Waals surface area (Å²) in [5, 5.41) is 3.41. The van der Waals surface area contributed by atoms with Gasteiger partial charge in [-0.2, -0.15) is 0 Å². The van der Waals surface area contributed by atoms with Gasteiger partial charge in [-0.3, -0.25) is 14.5 Å². The molecule has 0 aromatic heterocycles. The van der Waals surface area contributed by atoms with Gasteiger partial charge in [0, 0.05) is 24.4 Å². The van der Waals surface area contributed by atoms with Crippen LogP contribution in [0.5, 0.6) is 11.5 Å². The second-order valence-corrected chi connectivity index (χ2v) is 7.73. The summed E-state index contributed by atoms with van der Waals surface area (Å²) >= 11 is 0. The molecular weight excluding hydrogens is 394 g/mol. The number of anilines is 3. The Balaban J connectivity index is 1.63. The normalized spacial score (nSPS) is 21.1. The number of para-hydroxylation sites is 2. The zero-order valence-corrected chi connectivity index (χ0v) is 16.8. The Labute approximate surface area is 178 Å². The van der Waals surface area contributed by atoms with Crippen molar-refractivity contribution in [3.05, 3.63) is 77.9 Å². The molecule has 3 aromatic rings. The van der Waals surface area contributed by atoms with Crippen molar-refractivity contribution in [2.75, 3.05) is 35.4 Å². The number of rotatable bonds is 1. The van der Waals surface area contributed by atoms with Crippen molar-refractivity contribution in [3.63, 3.8) is 0 Å². The van der Waals surface area contributed by atoms with E-state index in [0.717, 1.165) is 11.3 Å². The van der Waals surface area contributed by atoms with Gasteiger partial charge in [0.1, 0.15) is 13.2 Å². The quantitative estimate of drug-likeness (QED) is 0.663. The van der Waals surface area contributed by atoms with Crippen LogP contribution in [0, 0.1) is 0 Å². The lowest BCUT2D eigenvalue weighted by molar-refractivity contribution is -0.121. The Morgan fingerprint density at radius 1 is 0.903 bits per heavy atom. The minimum Gasteiger partial charge on any atom is -0.486 e. The van der Waals surface area contributed by atoms with Crippen molar-refractivity contribution in [1.82, 2.24) is 0 Å². The van der Waals surface area contributed by atoms with Crippen LogP contribution >= 0.6 is 0 Å². The van der Waals surface area contributed by atoms with Gasteiger partial charge in [0.25, 0.3) is 11.8 Å². The predicted octanol–water partition coefficient (Wildman–Crippen LogP) is 3.36. The summed E-state index contributed by atoms with van der Waals surface area (Å²) in [6, 6.07) is 20.1. The van der Waals surface area contributed by atoms with Crippen LogP contribution in [-0.2, 0) is 10.5 Å². The number of hydrogen-bond donors (Lipinski definition) is 1. The molecule has 1 spiro atoms. The minimum atomic E-state index is -1.40. The van der Waals surface area contributed by atoms with Crippen molar-refractivity contribution in [3.8, 4) is 11.5 Å². The third-order valence-electron chi connectivity index (χ3n) is 6.06. The summed E-state index contributed by atoms with van der Waals surface area (Å²) in [7, 11) is 1.73. The van der Waals surface area contributed by atoms with Gasteiger partial charge in [0.2, 0.25) is 5.66 Å². The molecule has 6 rings (SSSR count). The fraction of sp³-hybridized carbons (Fsp3) is 0.167. The molecule has 1 unspecified atom stereocenters. The standard InChI is InChI=1S/C24H19N3O4/c1-26-19-9-5-3-7-17(19)24(23(26)29)25-18-8-4-2-6-16(18)22(28)27(24)15-10-11-20-21(14-15)31-13-12-30-20/h2-11,14,25H,12-13H2,1H3. The summed E-state index contributed by atoms with van der Waals surface area (Å²) in [4.78, 5) is 30.8. The Kier molecular flexibility index (Phi) is 3.59. The Morgan fingerprint density at radius 3 is 2.52 bits per heavy atom. The van der Waals surface area contributed by atoms with E-state index < -0.39 is 5.66 Å². The highest BCUT2D eigenvalue weighted by atomic mass is 16.6. The molecule has 0 radical (unpaired) electrons. The number of carbonyl (C=O) groups is 2. The summed E-state index contributed by atoms with van der Waals surface area (Å²) in [5.41, 5.74) is 1.76. The van der Waals surface area contributed by atoms with Gasteiger partial charge in [-0.25, -0.2) is 0 Å². The van der Waals surface area contributed by atoms with Crippen molar-refractivity contribution < 1.29 is 19.1 Å². The fourth-order valence-electron chi connectivity index (χ4n) is 4.66. The number of benzene rings is 3. The fourth-order valence-corrected chi connectivity index (χ4v) is 4.66. The number of nitrogens with zero attached hydrogens (tertiary/aromatic N) is 2. The summed E-state index contributed by atoms with van der Waals surface area (Å²) in [6.07, 6.45) is 0. The van der Waals surface area contributed by atoms with Crippen LogP contribution in [0.1, 0.15) is 15.9 Å². The van der Waals surface area contributed by atoms with Gasteiger partial charge in [-0.15, -0.1) is 0 Å². The van der Waals surface area contributed by atoms with Crippen LogP contribution in [0.4, 0.5) is 17.1 Å². The first kappa shape index (κ1) is 17.8. The molecule has 7 nitrogen and oxygen atoms in total. The molecule has 7 heteroatoms. The SMILES string of the molecule is CN1C(=O)C2(Nc3ccccc3C(=O)N2c2ccc3c(c2)OCCO3)c2ccccc21. The highest BCUT2D eigenvalue weighted by Gasteiger charge is 2.59. The van der Waals surface area contributed by atoms with Gasteiger partial charge in [-0.05, 0) is 30.3 Å². The largest absolute Gasteiger partial charge is 0.486 e. The van der Waals surface area contributed by atoms with Crippen molar-refractivity contribution >= 4 is 28.9 Å². The summed E-state index contributed by atoms with van der Waals surface area (Å²) < 4.78 is 11.4. The molecule has 3 aliphatic rings. The van der Waals surface area contributed by atoms with Crippen LogP contribution in [0.3, 0.4) is 0 Å². The second-order valence-electron chi connectivity index (χ2n) is 7.73. The maximum Gasteiger partial charge on any atom is 0.278 e. The van der Waals surface area contributed by atoms with Crippen LogP contribution in [0.2, 0.25) is 0 Å². The molecule has 0 aliphatic carbocycles. The maximum atomic E-state index is 13.9. The lowest BCUT2D eigenvalue weighted by Gasteiger charge is -2.45. The molecule has 0 bridgehead atoms. The third kappa shape index (κ3) is 2.28. The molecule has 0 fully saturated rings. The molecule has 0 saturated carbocycles. The number of carbonyl (C=O) groups excluding carboxylic acids is 2. The first-order valence-electron chi connectivity index (χ1n) is 10.1. The highest BCUT2D eigenvalue weighted by Crippen LogP contribution is 2.50. The summed E-state index contributed by atoms with van der Waals surface area (Å²) in [6.45, 7) is 0.908. The third-order valence-corrected chi connectivity index (χ3v) is 6.06. The molecule has 0 saturated heterocycles. The van der Waals surface area contributed by atoms with E-state index in [1.54, 1.807) is 36.2 Å². The molecule has 2 amide bonds. The average Bonchev–Trinajstić information content (AvgIpc) is 3.01. The van der Waals surface area contributed by atoms with Crippen LogP contribution in [-0.4, -0.2) is 32.1 Å². The minimum absolute atomic E-state index is 0.230. The van der Waals surface area contributed by atoms with Gasteiger partial charge >= 0.3 is 0 Å². The van der Waals surface area contributed by atoms with Crippen molar-refractivity contribution in [1.29, 1.82) is 0 Å². The lowest BCUT2D eigenvalue weighted by Crippen LogP contribution is -2.62. The molecule has 3 heterocycles. The molecule has 3 aromatic carbocycles. The van der Waals surface area contributed by atoms with Crippen molar-refractivity contribution in [2.45, 2.75) is 5.66 Å². The predicted molar refractivity (Wildman–Crippen MR) is 116 cm³/mol. The number of likely N-dealkylation sites (N-methyl/N-ethyl adjacent to an activating group) is 1. The van der Waals surface area contributed by atoms with E-state index >= 15 is 0 Å². The number of fused-ring (bicyclic) bond motifs is 4. The first-order valence-corrected chi connectivity index (χ1v) is 10.1. The maximum absolute atomic E-state index is 13.9. The molecule has 31 heavy (non-hydrogen) atoms. The topological polar surface area (TPSA) is 71.1 Å². The monoisotopic (exact) mass is 413 g/mol. The van der Waals surface area contributed by atoms with Crippen molar-refractivity contribution in [2.24, 2.45) is 0 Å². The van der Waals surface area contributed by atoms with E-state index in [4.69, 9.17) is 9.47 Å². The second kappa shape index (κ2) is 6.25. The van der Waals surface area contributed by atoms with E-state index in [1.165, 1.54) is 4.90 Å². The van der Waals surface area contributed by atoms with Crippen LogP contribution < -0.4 is 24.6 Å². The van der Waals surface area contributed by atoms with E-state index in [0.29, 0.717) is 41.7 Å². The molecular formula is C24H19N3O4. The lowest BCUT2D eigenvalue weighted by atomic mass is 9.92. The van der Waals surface area contributed by atoms with E-state index in [-0.39, 0.29) is 11.8 Å². The van der Waals surface area contributed by atoms with Crippen LogP contribution in [0.15, 0.2) is 66.7 Å². The first-order chi connectivity index (χ1) is 15.1. The van der Waals surface area contributed by atoms with Crippen LogP contribution in [0.25, 0.3) is 0 Å². The van der Waals surface area contributed by atoms with Gasteiger partial charge in [-0.1, -0.05) is 30.3 Å². The number of amides is 2. The zero-order chi connectivity index (χ0) is 21.2. The molecule has 3 aliphatic heterocycles. The Morgan fingerprint density at radius 2 is 1.65 bits per heavy atom. The van der Waals surface area contributed by atoms with Gasteiger partial charge < -0.3 is 19.7 Å². The van der Waals surface area contributed by atoms with Gasteiger partial charge in [0.15, 0.2) is 11.5 Å². The Bertz CT molecular complexity index is 1260. The Hall–Kier alpha value is -4.00. The van der Waals surface area contributed by atoms with Gasteiger partial charge in [0.05, 0.1) is 16.9 Å². The summed E-state index contributed by atoms with van der Waals surface area (Å²) in [5.74, 6) is 0.686. The molecule has 1 N–H and O–H groups in total. The number of hydrogen-bond acceptors (Lipinski definition) is 5. The zero-order valence-electron chi connectivity index (χ0n) is 16.8. The van der Waals surface area contributed by atoms with E-state index in [1.807, 2.05) is 42.5 Å². The number of ether oxygens (including phenoxy) is 2. The smallest absolute Gasteiger partial charge is 0.278 e.